The highest BCUT2D eigenvalue weighted by molar-refractivity contribution is 7.98. The summed E-state index contributed by atoms with van der Waals surface area (Å²) in [5.74, 6) is -0.0971. The van der Waals surface area contributed by atoms with Gasteiger partial charge in [0.1, 0.15) is 4.70 Å². The summed E-state index contributed by atoms with van der Waals surface area (Å²) in [5.41, 5.74) is 4.02. The molecule has 0 aliphatic rings. The van der Waals surface area contributed by atoms with Crippen LogP contribution in [0.3, 0.4) is 0 Å². The molecule has 3 heterocycles. The molecule has 0 aliphatic heterocycles. The van der Waals surface area contributed by atoms with Gasteiger partial charge in [-0.3, -0.25) is 14.2 Å². The van der Waals surface area contributed by atoms with Gasteiger partial charge in [0, 0.05) is 27.5 Å². The molecule has 1 aromatic carbocycles. The average Bonchev–Trinajstić information content (AvgIpc) is 3.28. The average molecular weight is 410 g/mol. The number of hydrogen-bond acceptors (Lipinski definition) is 5. The number of carbonyl (C=O) groups excluding carboxylic acids is 1. The Labute approximate surface area is 170 Å². The standard InChI is InChI=1S/C21H19N3O2S2/c1-13-9-17(14(2)24(13)15-5-4-6-16(10-15)27-3)19(25)11-23-12-22-18-7-8-28-20(18)21(23)26/h4-10,12H,11H2,1-3H3. The fourth-order valence-corrected chi connectivity index (χ4v) is 4.67. The van der Waals surface area contributed by atoms with E-state index in [0.717, 1.165) is 17.1 Å². The van der Waals surface area contributed by atoms with Gasteiger partial charge in [-0.15, -0.1) is 23.1 Å². The minimum Gasteiger partial charge on any atom is -0.318 e. The fourth-order valence-electron chi connectivity index (χ4n) is 3.42. The highest BCUT2D eigenvalue weighted by atomic mass is 32.2. The van der Waals surface area contributed by atoms with Crippen molar-refractivity contribution >= 4 is 39.1 Å². The number of nitrogens with zero attached hydrogens (tertiary/aromatic N) is 3. The molecule has 0 aliphatic carbocycles. The van der Waals surface area contributed by atoms with E-state index in [1.54, 1.807) is 11.8 Å². The lowest BCUT2D eigenvalue weighted by Gasteiger charge is -2.11. The number of hydrogen-bond donors (Lipinski definition) is 0. The van der Waals surface area contributed by atoms with Crippen molar-refractivity contribution in [3.8, 4) is 5.69 Å². The van der Waals surface area contributed by atoms with Crippen LogP contribution in [-0.2, 0) is 6.54 Å². The number of Topliss-reactive ketones (excluding diaryl/α,β-unsaturated/α-hetero) is 1. The zero-order chi connectivity index (χ0) is 19.8. The topological polar surface area (TPSA) is 56.9 Å². The van der Waals surface area contributed by atoms with Crippen molar-refractivity contribution in [2.75, 3.05) is 6.26 Å². The lowest BCUT2D eigenvalue weighted by atomic mass is 10.1. The van der Waals surface area contributed by atoms with E-state index in [-0.39, 0.29) is 17.9 Å². The number of aromatic nitrogens is 3. The Morgan fingerprint density at radius 1 is 1.21 bits per heavy atom. The van der Waals surface area contributed by atoms with Crippen LogP contribution in [0.5, 0.6) is 0 Å². The van der Waals surface area contributed by atoms with Crippen LogP contribution in [0.4, 0.5) is 0 Å². The Morgan fingerprint density at radius 2 is 2.04 bits per heavy atom. The molecule has 5 nitrogen and oxygen atoms in total. The van der Waals surface area contributed by atoms with E-state index in [1.165, 1.54) is 27.1 Å². The quantitative estimate of drug-likeness (QED) is 0.360. The minimum absolute atomic E-state index is 0.0190. The second-order valence-corrected chi connectivity index (χ2v) is 8.35. The van der Waals surface area contributed by atoms with Crippen LogP contribution in [0.2, 0.25) is 0 Å². The van der Waals surface area contributed by atoms with Gasteiger partial charge in [0.25, 0.3) is 5.56 Å². The molecule has 0 saturated heterocycles. The molecule has 0 spiro atoms. The van der Waals surface area contributed by atoms with Gasteiger partial charge in [-0.2, -0.15) is 0 Å². The molecule has 4 rings (SSSR count). The second-order valence-electron chi connectivity index (χ2n) is 6.56. The zero-order valence-electron chi connectivity index (χ0n) is 15.8. The summed E-state index contributed by atoms with van der Waals surface area (Å²) in [5, 5.41) is 1.83. The van der Waals surface area contributed by atoms with E-state index in [9.17, 15) is 9.59 Å². The largest absolute Gasteiger partial charge is 0.318 e. The molecule has 7 heteroatoms. The molecule has 0 fully saturated rings. The first kappa shape index (κ1) is 18.7. The van der Waals surface area contributed by atoms with Gasteiger partial charge in [0.05, 0.1) is 18.4 Å². The van der Waals surface area contributed by atoms with Crippen molar-refractivity contribution in [3.63, 3.8) is 0 Å². The summed E-state index contributed by atoms with van der Waals surface area (Å²) in [6, 6.07) is 11.9. The summed E-state index contributed by atoms with van der Waals surface area (Å²) < 4.78 is 4.05. The summed E-state index contributed by atoms with van der Waals surface area (Å²) >= 11 is 3.03. The number of carbonyl (C=O) groups is 1. The van der Waals surface area contributed by atoms with E-state index < -0.39 is 0 Å². The molecular weight excluding hydrogens is 390 g/mol. The van der Waals surface area contributed by atoms with E-state index >= 15 is 0 Å². The summed E-state index contributed by atoms with van der Waals surface area (Å²) in [7, 11) is 0. The van der Waals surface area contributed by atoms with Crippen molar-refractivity contribution < 1.29 is 4.79 Å². The molecule has 142 valence electrons. The van der Waals surface area contributed by atoms with Gasteiger partial charge < -0.3 is 4.57 Å². The van der Waals surface area contributed by atoms with Crippen LogP contribution in [-0.4, -0.2) is 26.2 Å². The number of fused-ring (bicyclic) bond motifs is 1. The van der Waals surface area contributed by atoms with Gasteiger partial charge in [0.15, 0.2) is 5.78 Å². The molecule has 28 heavy (non-hydrogen) atoms. The van der Waals surface area contributed by atoms with Gasteiger partial charge >= 0.3 is 0 Å². The number of aryl methyl sites for hydroxylation is 1. The van der Waals surface area contributed by atoms with Crippen LogP contribution in [0.25, 0.3) is 15.9 Å². The van der Waals surface area contributed by atoms with Crippen LogP contribution < -0.4 is 5.56 Å². The summed E-state index contributed by atoms with van der Waals surface area (Å²) in [6.45, 7) is 3.91. The molecule has 0 radical (unpaired) electrons. The Bertz CT molecular complexity index is 1250. The Hall–Kier alpha value is -2.64. The maximum atomic E-state index is 13.0. The Kier molecular flexibility index (Phi) is 4.95. The van der Waals surface area contributed by atoms with Gasteiger partial charge in [0.2, 0.25) is 0 Å². The van der Waals surface area contributed by atoms with Crippen molar-refractivity contribution in [1.29, 1.82) is 0 Å². The molecule has 3 aromatic heterocycles. The summed E-state index contributed by atoms with van der Waals surface area (Å²) in [4.78, 5) is 31.0. The SMILES string of the molecule is CSc1cccc(-n2c(C)cc(C(=O)Cn3cnc4ccsc4c3=O)c2C)c1. The first-order valence-electron chi connectivity index (χ1n) is 8.79. The van der Waals surface area contributed by atoms with E-state index in [4.69, 9.17) is 0 Å². The third-order valence-corrected chi connectivity index (χ3v) is 6.41. The highest BCUT2D eigenvalue weighted by Gasteiger charge is 2.18. The van der Waals surface area contributed by atoms with Crippen molar-refractivity contribution in [1.82, 2.24) is 14.1 Å². The van der Waals surface area contributed by atoms with E-state index in [2.05, 4.69) is 21.7 Å². The number of ketones is 1. The normalized spacial score (nSPS) is 11.2. The molecule has 0 amide bonds. The molecular formula is C21H19N3O2S2. The van der Waals surface area contributed by atoms with Crippen LogP contribution >= 0.6 is 23.1 Å². The number of benzene rings is 1. The monoisotopic (exact) mass is 409 g/mol. The van der Waals surface area contributed by atoms with Crippen molar-refractivity contribution in [3.05, 3.63) is 75.4 Å². The number of thioether (sulfide) groups is 1. The second kappa shape index (κ2) is 7.41. The molecule has 0 unspecified atom stereocenters. The predicted octanol–water partition coefficient (Wildman–Crippen LogP) is 4.47. The van der Waals surface area contributed by atoms with Crippen LogP contribution in [0.15, 0.2) is 57.8 Å². The third-order valence-electron chi connectivity index (χ3n) is 4.79. The lowest BCUT2D eigenvalue weighted by Crippen LogP contribution is -2.24. The molecule has 0 saturated carbocycles. The Morgan fingerprint density at radius 3 is 2.82 bits per heavy atom. The number of thiophene rings is 1. The molecule has 4 aromatic rings. The van der Waals surface area contributed by atoms with Gasteiger partial charge in [-0.05, 0) is 55.8 Å². The summed E-state index contributed by atoms with van der Waals surface area (Å²) in [6.07, 6.45) is 3.50. The van der Waals surface area contributed by atoms with Crippen LogP contribution in [0.1, 0.15) is 21.7 Å². The Balaban J connectivity index is 1.70. The molecule has 0 atom stereocenters. The first-order valence-corrected chi connectivity index (χ1v) is 10.9. The van der Waals surface area contributed by atoms with Crippen molar-refractivity contribution in [2.24, 2.45) is 0 Å². The van der Waals surface area contributed by atoms with Crippen molar-refractivity contribution in [2.45, 2.75) is 25.3 Å². The maximum Gasteiger partial charge on any atom is 0.271 e. The fraction of sp³-hybridized carbons (Fsp3) is 0.190. The maximum absolute atomic E-state index is 13.0. The smallest absolute Gasteiger partial charge is 0.271 e. The van der Waals surface area contributed by atoms with Crippen LogP contribution in [0, 0.1) is 13.8 Å². The van der Waals surface area contributed by atoms with Gasteiger partial charge in [-0.25, -0.2) is 4.98 Å². The number of rotatable bonds is 5. The van der Waals surface area contributed by atoms with E-state index in [0.29, 0.717) is 15.8 Å². The highest BCUT2D eigenvalue weighted by Crippen LogP contribution is 2.25. The molecule has 0 N–H and O–H groups in total. The third kappa shape index (κ3) is 3.21. The molecule has 0 bridgehead atoms. The van der Waals surface area contributed by atoms with Gasteiger partial charge in [-0.1, -0.05) is 6.07 Å². The first-order chi connectivity index (χ1) is 13.5. The zero-order valence-corrected chi connectivity index (χ0v) is 17.4. The lowest BCUT2D eigenvalue weighted by molar-refractivity contribution is 0.0970. The van der Waals surface area contributed by atoms with E-state index in [1.807, 2.05) is 49.7 Å². The minimum atomic E-state index is -0.171. The predicted molar refractivity (Wildman–Crippen MR) is 115 cm³/mol.